The fourth-order valence-electron chi connectivity index (χ4n) is 3.00. The molecule has 0 radical (unpaired) electrons. The summed E-state index contributed by atoms with van der Waals surface area (Å²) in [4.78, 5) is 11.2. The van der Waals surface area contributed by atoms with Crippen molar-refractivity contribution in [2.45, 2.75) is 19.8 Å². The Bertz CT molecular complexity index is 714. The maximum absolute atomic E-state index is 5.72. The zero-order valence-corrected chi connectivity index (χ0v) is 13.1. The van der Waals surface area contributed by atoms with Crippen LogP contribution in [0.1, 0.15) is 25.5 Å². The average molecular weight is 298 g/mol. The zero-order valence-electron chi connectivity index (χ0n) is 13.1. The Kier molecular flexibility index (Phi) is 4.09. The minimum absolute atomic E-state index is 0.684. The number of fused-ring (bicyclic) bond motifs is 1. The average Bonchev–Trinajstić information content (AvgIpc) is 3.00. The summed E-state index contributed by atoms with van der Waals surface area (Å²) in [6.45, 7) is 4.35. The molecule has 0 saturated carbocycles. The van der Waals surface area contributed by atoms with Crippen molar-refractivity contribution in [2.24, 2.45) is 16.6 Å². The second-order valence-corrected chi connectivity index (χ2v) is 5.81. The quantitative estimate of drug-likeness (QED) is 0.879. The molecular formula is C16H22N6. The van der Waals surface area contributed by atoms with Gasteiger partial charge in [0.15, 0.2) is 5.82 Å². The zero-order chi connectivity index (χ0) is 15.5. The molecule has 2 N–H and O–H groups in total. The van der Waals surface area contributed by atoms with Crippen LogP contribution in [-0.4, -0.2) is 40.9 Å². The highest BCUT2D eigenvalue weighted by Gasteiger charge is 2.21. The predicted octanol–water partition coefficient (Wildman–Crippen LogP) is 1.97. The molecule has 1 saturated heterocycles. The molecule has 1 aliphatic rings. The Morgan fingerprint density at radius 3 is 3.09 bits per heavy atom. The van der Waals surface area contributed by atoms with E-state index in [2.05, 4.69) is 21.9 Å². The molecule has 2 aromatic heterocycles. The first-order valence-corrected chi connectivity index (χ1v) is 7.66. The van der Waals surface area contributed by atoms with E-state index in [0.29, 0.717) is 5.92 Å². The van der Waals surface area contributed by atoms with Crippen LogP contribution in [-0.2, 0) is 0 Å². The fraction of sp³-hybridized carbons (Fsp3) is 0.438. The molecule has 0 unspecified atom stereocenters. The minimum atomic E-state index is 0.684. The van der Waals surface area contributed by atoms with Crippen molar-refractivity contribution in [3.05, 3.63) is 30.4 Å². The lowest BCUT2D eigenvalue weighted by Crippen LogP contribution is -2.35. The third-order valence-electron chi connectivity index (χ3n) is 4.07. The van der Waals surface area contributed by atoms with Gasteiger partial charge in [-0.3, -0.25) is 4.99 Å². The molecule has 3 heterocycles. The fourth-order valence-corrected chi connectivity index (χ4v) is 3.00. The molecule has 0 bridgehead atoms. The standard InChI is InChI=1S/C16H22N6/c1-12-4-3-7-21(10-12)16-15-5-6-19-22(15)11-14(20-16)13(8-17)9-18-2/h5-6,8-9,11-12H,3-4,7,10,17H2,1-2H3/b13-8+,18-9?/t12-/m0/s1. The van der Waals surface area contributed by atoms with Crippen LogP contribution in [0.25, 0.3) is 11.1 Å². The number of piperidine rings is 1. The van der Waals surface area contributed by atoms with Crippen LogP contribution in [0.2, 0.25) is 0 Å². The molecular weight excluding hydrogens is 276 g/mol. The van der Waals surface area contributed by atoms with Crippen molar-refractivity contribution in [1.82, 2.24) is 14.6 Å². The molecule has 0 spiro atoms. The molecule has 2 aromatic rings. The molecule has 3 rings (SSSR count). The van der Waals surface area contributed by atoms with E-state index in [-0.39, 0.29) is 0 Å². The Balaban J connectivity index is 2.09. The first-order chi connectivity index (χ1) is 10.7. The van der Waals surface area contributed by atoms with Crippen molar-refractivity contribution in [1.29, 1.82) is 0 Å². The SMILES string of the molecule is CN=C/C(=C\N)c1cn2nccc2c(N2CCC[C@H](C)C2)n1. The van der Waals surface area contributed by atoms with Crippen LogP contribution in [0, 0.1) is 5.92 Å². The molecule has 116 valence electrons. The van der Waals surface area contributed by atoms with E-state index in [1.165, 1.54) is 19.0 Å². The molecule has 6 heteroatoms. The molecule has 0 aliphatic carbocycles. The molecule has 6 nitrogen and oxygen atoms in total. The monoisotopic (exact) mass is 298 g/mol. The van der Waals surface area contributed by atoms with Crippen LogP contribution in [0.5, 0.6) is 0 Å². The lowest BCUT2D eigenvalue weighted by atomic mass is 10.0. The van der Waals surface area contributed by atoms with Gasteiger partial charge in [-0.2, -0.15) is 5.10 Å². The van der Waals surface area contributed by atoms with Gasteiger partial charge in [-0.25, -0.2) is 9.50 Å². The lowest BCUT2D eigenvalue weighted by molar-refractivity contribution is 0.445. The van der Waals surface area contributed by atoms with Gasteiger partial charge in [-0.15, -0.1) is 0 Å². The molecule has 1 atom stereocenters. The highest BCUT2D eigenvalue weighted by Crippen LogP contribution is 2.26. The van der Waals surface area contributed by atoms with Crippen LogP contribution in [0.3, 0.4) is 0 Å². The van der Waals surface area contributed by atoms with E-state index in [1.807, 2.05) is 16.8 Å². The smallest absolute Gasteiger partial charge is 0.155 e. The summed E-state index contributed by atoms with van der Waals surface area (Å²) < 4.78 is 1.87. The van der Waals surface area contributed by atoms with Gasteiger partial charge in [0.2, 0.25) is 0 Å². The van der Waals surface area contributed by atoms with Gasteiger partial charge < -0.3 is 10.6 Å². The minimum Gasteiger partial charge on any atom is -0.404 e. The van der Waals surface area contributed by atoms with Crippen LogP contribution >= 0.6 is 0 Å². The van der Waals surface area contributed by atoms with E-state index in [0.717, 1.165) is 35.7 Å². The highest BCUT2D eigenvalue weighted by molar-refractivity contribution is 6.08. The van der Waals surface area contributed by atoms with Crippen LogP contribution in [0.15, 0.2) is 29.7 Å². The Labute approximate surface area is 130 Å². The Hall–Kier alpha value is -2.37. The van der Waals surface area contributed by atoms with Crippen LogP contribution < -0.4 is 10.6 Å². The Morgan fingerprint density at radius 2 is 2.36 bits per heavy atom. The van der Waals surface area contributed by atoms with Crippen molar-refractivity contribution in [2.75, 3.05) is 25.0 Å². The van der Waals surface area contributed by atoms with Gasteiger partial charge in [0.05, 0.1) is 18.1 Å². The van der Waals surface area contributed by atoms with Crippen molar-refractivity contribution in [3.8, 4) is 0 Å². The predicted molar refractivity (Wildman–Crippen MR) is 90.2 cm³/mol. The van der Waals surface area contributed by atoms with E-state index in [1.54, 1.807) is 19.5 Å². The summed E-state index contributed by atoms with van der Waals surface area (Å²) in [7, 11) is 1.73. The Morgan fingerprint density at radius 1 is 1.50 bits per heavy atom. The number of hydrogen-bond acceptors (Lipinski definition) is 5. The van der Waals surface area contributed by atoms with E-state index in [4.69, 9.17) is 10.7 Å². The van der Waals surface area contributed by atoms with Crippen molar-refractivity contribution >= 4 is 23.1 Å². The lowest BCUT2D eigenvalue weighted by Gasteiger charge is -2.32. The summed E-state index contributed by atoms with van der Waals surface area (Å²) in [5.41, 5.74) is 8.34. The normalized spacial score (nSPS) is 20.2. The number of anilines is 1. The van der Waals surface area contributed by atoms with E-state index >= 15 is 0 Å². The summed E-state index contributed by atoms with van der Waals surface area (Å²) in [6.07, 6.45) is 9.43. The number of allylic oxidation sites excluding steroid dienone is 1. The molecule has 1 fully saturated rings. The molecule has 0 amide bonds. The van der Waals surface area contributed by atoms with Gasteiger partial charge in [0.1, 0.15) is 5.52 Å². The number of nitrogens with two attached hydrogens (primary N) is 1. The molecule has 0 aromatic carbocycles. The van der Waals surface area contributed by atoms with Gasteiger partial charge in [0.25, 0.3) is 0 Å². The number of rotatable bonds is 3. The number of aromatic nitrogens is 3. The first-order valence-electron chi connectivity index (χ1n) is 7.66. The summed E-state index contributed by atoms with van der Waals surface area (Å²) in [6, 6.07) is 2.01. The van der Waals surface area contributed by atoms with Gasteiger partial charge >= 0.3 is 0 Å². The largest absolute Gasteiger partial charge is 0.404 e. The first kappa shape index (κ1) is 14.6. The summed E-state index contributed by atoms with van der Waals surface area (Å²) in [5, 5.41) is 4.37. The topological polar surface area (TPSA) is 71.8 Å². The van der Waals surface area contributed by atoms with Crippen LogP contribution in [0.4, 0.5) is 5.82 Å². The summed E-state index contributed by atoms with van der Waals surface area (Å²) in [5.74, 6) is 1.66. The second kappa shape index (κ2) is 6.17. The summed E-state index contributed by atoms with van der Waals surface area (Å²) >= 11 is 0. The van der Waals surface area contributed by atoms with E-state index < -0.39 is 0 Å². The highest BCUT2D eigenvalue weighted by atomic mass is 15.3. The number of aliphatic imine (C=N–C) groups is 1. The number of hydrogen-bond donors (Lipinski definition) is 1. The second-order valence-electron chi connectivity index (χ2n) is 5.81. The van der Waals surface area contributed by atoms with Crippen molar-refractivity contribution in [3.63, 3.8) is 0 Å². The maximum atomic E-state index is 5.72. The molecule has 1 aliphatic heterocycles. The number of nitrogens with zero attached hydrogens (tertiary/aromatic N) is 5. The molecule has 22 heavy (non-hydrogen) atoms. The van der Waals surface area contributed by atoms with Gasteiger partial charge in [0, 0.05) is 38.1 Å². The van der Waals surface area contributed by atoms with Gasteiger partial charge in [-0.1, -0.05) is 6.92 Å². The third kappa shape index (κ3) is 2.68. The van der Waals surface area contributed by atoms with Gasteiger partial charge in [-0.05, 0) is 24.8 Å². The van der Waals surface area contributed by atoms with Crippen molar-refractivity contribution < 1.29 is 0 Å². The third-order valence-corrected chi connectivity index (χ3v) is 4.07. The maximum Gasteiger partial charge on any atom is 0.155 e. The van der Waals surface area contributed by atoms with E-state index in [9.17, 15) is 0 Å².